The third kappa shape index (κ3) is 4.00. The number of aromatic nitrogens is 1. The molecule has 0 amide bonds. The third-order valence-electron chi connectivity index (χ3n) is 5.78. The van der Waals surface area contributed by atoms with Crippen LogP contribution in [-0.2, 0) is 0 Å². The summed E-state index contributed by atoms with van der Waals surface area (Å²) in [5, 5.41) is 40.5. The molecule has 5 aromatic rings. The molecule has 0 unspecified atom stereocenters. The molecule has 0 fully saturated rings. The van der Waals surface area contributed by atoms with E-state index in [4.69, 9.17) is 0 Å². The minimum atomic E-state index is -1.05. The topological polar surface area (TPSA) is 107 Å². The van der Waals surface area contributed by atoms with Crippen LogP contribution in [0.5, 0.6) is 11.6 Å². The Morgan fingerprint density at radius 3 is 2.40 bits per heavy atom. The zero-order chi connectivity index (χ0) is 24.5. The first-order chi connectivity index (χ1) is 16.9. The Bertz CT molecular complexity index is 1620. The van der Waals surface area contributed by atoms with Gasteiger partial charge in [-0.05, 0) is 54.4 Å². The van der Waals surface area contributed by atoms with Crippen LogP contribution in [0.2, 0.25) is 0 Å². The molecule has 7 nitrogen and oxygen atoms in total. The molecule has 0 radical (unpaired) electrons. The van der Waals surface area contributed by atoms with Crippen LogP contribution >= 0.6 is 0 Å². The number of benzene rings is 4. The van der Waals surface area contributed by atoms with Gasteiger partial charge < -0.3 is 15.3 Å². The second kappa shape index (κ2) is 8.79. The minimum Gasteiger partial charge on any atom is -0.505 e. The van der Waals surface area contributed by atoms with Gasteiger partial charge in [-0.3, -0.25) is 4.57 Å². The van der Waals surface area contributed by atoms with E-state index >= 15 is 0 Å². The Kier molecular flexibility index (Phi) is 5.51. The van der Waals surface area contributed by atoms with Crippen molar-refractivity contribution < 1.29 is 20.1 Å². The maximum Gasteiger partial charge on any atom is 0.335 e. The molecule has 0 spiro atoms. The Balaban J connectivity index is 1.60. The number of hydrogen-bond acceptors (Lipinski definition) is 5. The van der Waals surface area contributed by atoms with Crippen LogP contribution in [0, 0.1) is 6.92 Å². The Hall–Kier alpha value is -4.91. The number of aromatic carboxylic acids is 1. The van der Waals surface area contributed by atoms with Gasteiger partial charge >= 0.3 is 5.97 Å². The van der Waals surface area contributed by atoms with Crippen molar-refractivity contribution in [1.29, 1.82) is 0 Å². The van der Waals surface area contributed by atoms with Crippen molar-refractivity contribution in [2.75, 3.05) is 0 Å². The molecule has 1 aromatic heterocycles. The fourth-order valence-corrected chi connectivity index (χ4v) is 4.10. The molecule has 4 aromatic carbocycles. The molecule has 0 saturated carbocycles. The highest BCUT2D eigenvalue weighted by Gasteiger charge is 2.18. The van der Waals surface area contributed by atoms with E-state index in [2.05, 4.69) is 10.2 Å². The number of carbonyl (C=O) groups is 1. The summed E-state index contributed by atoms with van der Waals surface area (Å²) in [6.07, 6.45) is 0. The average Bonchev–Trinajstić information content (AvgIpc) is 3.14. The quantitative estimate of drug-likeness (QED) is 0.241. The number of nitrogens with zero attached hydrogens (tertiary/aromatic N) is 3. The zero-order valence-corrected chi connectivity index (χ0v) is 18.8. The summed E-state index contributed by atoms with van der Waals surface area (Å²) in [5.74, 6) is -1.26. The highest BCUT2D eigenvalue weighted by molar-refractivity contribution is 5.96. The molecular weight excluding hydrogens is 442 g/mol. The van der Waals surface area contributed by atoms with Gasteiger partial charge in [-0.2, -0.15) is 0 Å². The molecule has 5 rings (SSSR count). The number of azo groups is 1. The lowest BCUT2D eigenvalue weighted by atomic mass is 10.0. The van der Waals surface area contributed by atoms with Crippen LogP contribution in [0.3, 0.4) is 0 Å². The van der Waals surface area contributed by atoms with Gasteiger partial charge in [-0.25, -0.2) is 4.79 Å². The summed E-state index contributed by atoms with van der Waals surface area (Å²) in [6.45, 7) is 1.98. The van der Waals surface area contributed by atoms with E-state index < -0.39 is 5.97 Å². The van der Waals surface area contributed by atoms with Crippen LogP contribution in [0.1, 0.15) is 15.9 Å². The smallest absolute Gasteiger partial charge is 0.335 e. The molecule has 0 atom stereocenters. The number of para-hydroxylation sites is 2. The highest BCUT2D eigenvalue weighted by Crippen LogP contribution is 2.43. The van der Waals surface area contributed by atoms with Gasteiger partial charge in [0, 0.05) is 16.6 Å². The standard InChI is InChI=1S/C28H21N3O4/c1-17-7-4-10-20(15-17)31-24-14-3-2-11-22(24)25(27(31)33)30-29-23-13-6-12-21(26(23)32)18-8-5-9-19(16-18)28(34)35/h2-16,32-33H,1H3,(H,34,35). The molecular formula is C28H21N3O4. The Morgan fingerprint density at radius 1 is 0.829 bits per heavy atom. The lowest BCUT2D eigenvalue weighted by Crippen LogP contribution is -1.95. The van der Waals surface area contributed by atoms with Gasteiger partial charge in [0.05, 0.1) is 11.1 Å². The molecule has 7 heteroatoms. The summed E-state index contributed by atoms with van der Waals surface area (Å²) in [5.41, 5.74) is 4.17. The van der Waals surface area contributed by atoms with Crippen LogP contribution in [0.4, 0.5) is 11.4 Å². The van der Waals surface area contributed by atoms with E-state index in [0.29, 0.717) is 16.5 Å². The summed E-state index contributed by atoms with van der Waals surface area (Å²) < 4.78 is 1.71. The summed E-state index contributed by atoms with van der Waals surface area (Å²) in [6, 6.07) is 26.5. The van der Waals surface area contributed by atoms with E-state index in [-0.39, 0.29) is 28.6 Å². The molecule has 35 heavy (non-hydrogen) atoms. The average molecular weight is 463 g/mol. The molecule has 0 aliphatic heterocycles. The lowest BCUT2D eigenvalue weighted by molar-refractivity contribution is 0.0697. The van der Waals surface area contributed by atoms with E-state index in [1.807, 2.05) is 55.5 Å². The maximum absolute atomic E-state index is 11.3. The molecule has 3 N–H and O–H groups in total. The van der Waals surface area contributed by atoms with Gasteiger partial charge in [0.25, 0.3) is 0 Å². The van der Waals surface area contributed by atoms with Crippen molar-refractivity contribution in [3.8, 4) is 28.4 Å². The highest BCUT2D eigenvalue weighted by atomic mass is 16.4. The fraction of sp³-hybridized carbons (Fsp3) is 0.0357. The maximum atomic E-state index is 11.3. The number of phenols is 1. The van der Waals surface area contributed by atoms with Gasteiger partial charge in [-0.1, -0.05) is 54.6 Å². The predicted molar refractivity (Wildman–Crippen MR) is 134 cm³/mol. The first kappa shape index (κ1) is 21.9. The molecule has 0 bridgehead atoms. The van der Waals surface area contributed by atoms with E-state index in [0.717, 1.165) is 16.8 Å². The van der Waals surface area contributed by atoms with Gasteiger partial charge in [-0.15, -0.1) is 10.2 Å². The third-order valence-corrected chi connectivity index (χ3v) is 5.78. The number of rotatable bonds is 5. The molecule has 0 aliphatic rings. The van der Waals surface area contributed by atoms with Crippen molar-refractivity contribution in [3.63, 3.8) is 0 Å². The number of carboxylic acid groups (broad SMARTS) is 1. The molecule has 172 valence electrons. The van der Waals surface area contributed by atoms with Crippen molar-refractivity contribution in [3.05, 3.63) is 102 Å². The van der Waals surface area contributed by atoms with E-state index in [9.17, 15) is 20.1 Å². The van der Waals surface area contributed by atoms with Crippen molar-refractivity contribution >= 4 is 28.2 Å². The molecule has 1 heterocycles. The number of carboxylic acids is 1. The number of fused-ring (bicyclic) bond motifs is 1. The summed E-state index contributed by atoms with van der Waals surface area (Å²) in [7, 11) is 0. The second-order valence-electron chi connectivity index (χ2n) is 8.12. The summed E-state index contributed by atoms with van der Waals surface area (Å²) >= 11 is 0. The number of aryl methyl sites for hydroxylation is 1. The van der Waals surface area contributed by atoms with Crippen LogP contribution in [-0.4, -0.2) is 25.9 Å². The monoisotopic (exact) mass is 463 g/mol. The number of phenolic OH excluding ortho intramolecular Hbond substituents is 1. The van der Waals surface area contributed by atoms with Gasteiger partial charge in [0.1, 0.15) is 5.69 Å². The molecule has 0 aliphatic carbocycles. The SMILES string of the molecule is Cc1cccc(-n2c(O)c(N=Nc3cccc(-c4cccc(C(=O)O)c4)c3O)c3ccccc32)c1. The summed E-state index contributed by atoms with van der Waals surface area (Å²) in [4.78, 5) is 11.3. The lowest BCUT2D eigenvalue weighted by Gasteiger charge is -2.08. The van der Waals surface area contributed by atoms with Crippen LogP contribution < -0.4 is 0 Å². The van der Waals surface area contributed by atoms with Gasteiger partial charge in [0.2, 0.25) is 5.88 Å². The van der Waals surface area contributed by atoms with Crippen LogP contribution in [0.25, 0.3) is 27.7 Å². The van der Waals surface area contributed by atoms with Crippen molar-refractivity contribution in [1.82, 2.24) is 4.57 Å². The first-order valence-electron chi connectivity index (χ1n) is 10.9. The molecule has 0 saturated heterocycles. The van der Waals surface area contributed by atoms with Crippen molar-refractivity contribution in [2.45, 2.75) is 6.92 Å². The van der Waals surface area contributed by atoms with Gasteiger partial charge in [0.15, 0.2) is 11.4 Å². The Labute approximate surface area is 200 Å². The van der Waals surface area contributed by atoms with E-state index in [1.54, 1.807) is 34.9 Å². The number of aromatic hydroxyl groups is 2. The number of hydrogen-bond donors (Lipinski definition) is 3. The zero-order valence-electron chi connectivity index (χ0n) is 18.8. The second-order valence-corrected chi connectivity index (χ2v) is 8.12. The first-order valence-corrected chi connectivity index (χ1v) is 10.9. The largest absolute Gasteiger partial charge is 0.505 e. The predicted octanol–water partition coefficient (Wildman–Crippen LogP) is 7.13. The van der Waals surface area contributed by atoms with Crippen molar-refractivity contribution in [2.24, 2.45) is 10.2 Å². The minimum absolute atomic E-state index is 0.0645. The normalized spacial score (nSPS) is 11.3. The fourth-order valence-electron chi connectivity index (χ4n) is 4.10. The Morgan fingerprint density at radius 2 is 1.60 bits per heavy atom. The van der Waals surface area contributed by atoms with Crippen LogP contribution in [0.15, 0.2) is 101 Å². The van der Waals surface area contributed by atoms with E-state index in [1.165, 1.54) is 12.1 Å².